The molecular weight excluding hydrogens is 468 g/mol. The molecule has 0 aliphatic carbocycles. The van der Waals surface area contributed by atoms with Gasteiger partial charge < -0.3 is 25.3 Å². The molecule has 0 aromatic carbocycles. The van der Waals surface area contributed by atoms with Gasteiger partial charge in [-0.2, -0.15) is 0 Å². The Morgan fingerprint density at radius 3 is 2.66 bits per heavy atom. The van der Waals surface area contributed by atoms with Crippen LogP contribution in [0.25, 0.3) is 0 Å². The summed E-state index contributed by atoms with van der Waals surface area (Å²) >= 11 is 1.46. The number of aliphatic carboxylic acids is 1. The third kappa shape index (κ3) is 4.96. The minimum absolute atomic E-state index is 0.0352. The smallest absolute Gasteiger partial charge is 0.353 e. The van der Waals surface area contributed by atoms with Crippen LogP contribution in [0.4, 0.5) is 0 Å². The van der Waals surface area contributed by atoms with Crippen molar-refractivity contribution in [3.63, 3.8) is 0 Å². The molecule has 2 amide bonds. The van der Waals surface area contributed by atoms with E-state index in [2.05, 4.69) is 17.4 Å². The highest BCUT2D eigenvalue weighted by Gasteiger charge is 2.60. The maximum Gasteiger partial charge on any atom is 0.353 e. The molecule has 0 radical (unpaired) electrons. The van der Waals surface area contributed by atoms with E-state index in [0.29, 0.717) is 24.4 Å². The molecule has 2 saturated heterocycles. The molecule has 1 aromatic rings. The minimum atomic E-state index is -1.12. The second kappa shape index (κ2) is 10.3. The van der Waals surface area contributed by atoms with Crippen LogP contribution in [0.3, 0.4) is 0 Å². The van der Waals surface area contributed by atoms with Crippen molar-refractivity contribution < 1.29 is 29.2 Å². The van der Waals surface area contributed by atoms with Gasteiger partial charge in [-0.05, 0) is 31.7 Å². The lowest BCUT2D eigenvalue weighted by molar-refractivity contribution is -0.671. The van der Waals surface area contributed by atoms with Crippen LogP contribution in [-0.4, -0.2) is 81.4 Å². The first-order valence-electron chi connectivity index (χ1n) is 12.2. The lowest BCUT2D eigenvalue weighted by atomic mass is 9.79. The van der Waals surface area contributed by atoms with Gasteiger partial charge in [0.05, 0.1) is 24.1 Å². The molecule has 4 rings (SSSR count). The predicted molar refractivity (Wildman–Crippen MR) is 131 cm³/mol. The van der Waals surface area contributed by atoms with E-state index in [1.807, 2.05) is 38.0 Å². The van der Waals surface area contributed by atoms with Crippen molar-refractivity contribution in [3.05, 3.63) is 40.7 Å². The quantitative estimate of drug-likeness (QED) is 0.333. The summed E-state index contributed by atoms with van der Waals surface area (Å²) in [7, 11) is 3.81. The number of amides is 2. The van der Waals surface area contributed by atoms with Crippen LogP contribution in [0.1, 0.15) is 32.3 Å². The number of nitrogens with zero attached hydrogens (tertiary/aromatic N) is 3. The fourth-order valence-corrected chi connectivity index (χ4v) is 6.91. The zero-order chi connectivity index (χ0) is 25.4. The van der Waals surface area contributed by atoms with Crippen LogP contribution in [0, 0.1) is 11.8 Å². The lowest BCUT2D eigenvalue weighted by Gasteiger charge is -2.46. The first kappa shape index (κ1) is 25.7. The number of carboxylic acid groups (broad SMARTS) is 1. The Hall–Kier alpha value is -2.43. The van der Waals surface area contributed by atoms with E-state index < -0.39 is 18.0 Å². The van der Waals surface area contributed by atoms with Crippen LogP contribution in [-0.2, 0) is 27.9 Å². The lowest BCUT2D eigenvalue weighted by Crippen LogP contribution is -2.63. The van der Waals surface area contributed by atoms with E-state index >= 15 is 0 Å². The molecule has 0 spiro atoms. The number of fused-ring (bicyclic) bond motifs is 1. The molecular formula is C25H35N4O5S+. The van der Waals surface area contributed by atoms with Crippen molar-refractivity contribution in [1.29, 1.82) is 0 Å². The molecule has 0 unspecified atom stereocenters. The summed E-state index contributed by atoms with van der Waals surface area (Å²) in [4.78, 5) is 41.3. The molecule has 0 saturated carbocycles. The Morgan fingerprint density at radius 1 is 1.34 bits per heavy atom. The number of hydrogen-bond donors (Lipinski definition) is 3. The number of carbonyl (C=O) groups is 3. The number of pyridine rings is 1. The molecule has 3 aliphatic heterocycles. The van der Waals surface area contributed by atoms with E-state index in [1.165, 1.54) is 22.2 Å². The number of nitrogens with one attached hydrogen (secondary N) is 1. The second-order valence-corrected chi connectivity index (χ2v) is 11.3. The summed E-state index contributed by atoms with van der Waals surface area (Å²) < 4.78 is 1.99. The van der Waals surface area contributed by atoms with Crippen LogP contribution < -0.4 is 9.88 Å². The highest BCUT2D eigenvalue weighted by molar-refractivity contribution is 8.03. The SMILES string of the molecule is C[C@@H](O)[C@H]1C(=O)N2C(C(=O)O)=C(S[C@@H]3CN[C@H](C(=O)N(C)CCCc4cc[n+](C)cc4)C3)[C@H](C)[C@H]12. The molecule has 0 bridgehead atoms. The molecule has 3 aliphatic rings. The van der Waals surface area contributed by atoms with Gasteiger partial charge in [-0.15, -0.1) is 11.8 Å². The van der Waals surface area contributed by atoms with Crippen molar-refractivity contribution in [1.82, 2.24) is 15.1 Å². The molecule has 190 valence electrons. The molecule has 6 atom stereocenters. The first-order chi connectivity index (χ1) is 16.6. The topological polar surface area (TPSA) is 114 Å². The number of β-lactam (4-membered cyclic amide) rings is 1. The van der Waals surface area contributed by atoms with Gasteiger partial charge in [0.2, 0.25) is 11.8 Å². The number of carboxylic acids is 1. The second-order valence-electron chi connectivity index (χ2n) is 9.94. The summed E-state index contributed by atoms with van der Waals surface area (Å²) in [5.74, 6) is -2.13. The third-order valence-electron chi connectivity index (χ3n) is 7.38. The summed E-state index contributed by atoms with van der Waals surface area (Å²) in [5, 5.41) is 23.2. The number of hydrogen-bond acceptors (Lipinski definition) is 6. The standard InChI is InChI=1S/C25H34N4O5S/c1-14-20-19(15(2)30)24(32)29(20)21(25(33)34)22(14)35-17-12-18(26-13-17)23(31)28(4)9-5-6-16-7-10-27(3)11-8-16/h7-8,10-11,14-15,17-20,26,30H,5-6,9,12-13H2,1-4H3/p+1/t14-,15-,17+,18+,19-,20-/m1/s1. The Bertz CT molecular complexity index is 1030. The van der Waals surface area contributed by atoms with Gasteiger partial charge in [-0.25, -0.2) is 9.36 Å². The van der Waals surface area contributed by atoms with Crippen molar-refractivity contribution in [2.24, 2.45) is 18.9 Å². The third-order valence-corrected chi connectivity index (χ3v) is 8.89. The van der Waals surface area contributed by atoms with Crippen molar-refractivity contribution in [2.45, 2.75) is 56.5 Å². The monoisotopic (exact) mass is 503 g/mol. The highest BCUT2D eigenvalue weighted by atomic mass is 32.2. The van der Waals surface area contributed by atoms with Gasteiger partial charge in [-0.3, -0.25) is 9.59 Å². The molecule has 2 fully saturated rings. The van der Waals surface area contributed by atoms with E-state index in [9.17, 15) is 24.6 Å². The summed E-state index contributed by atoms with van der Waals surface area (Å²) in [6.45, 7) is 4.76. The van der Waals surface area contributed by atoms with Gasteiger partial charge >= 0.3 is 5.97 Å². The highest BCUT2D eigenvalue weighted by Crippen LogP contribution is 2.51. The summed E-state index contributed by atoms with van der Waals surface area (Å²) in [6, 6.07) is 3.56. The molecule has 4 heterocycles. The zero-order valence-corrected chi connectivity index (χ0v) is 21.5. The minimum Gasteiger partial charge on any atom is -0.477 e. The Balaban J connectivity index is 1.32. The van der Waals surface area contributed by atoms with Crippen molar-refractivity contribution in [2.75, 3.05) is 20.1 Å². The number of thioether (sulfide) groups is 1. The summed E-state index contributed by atoms with van der Waals surface area (Å²) in [5.41, 5.74) is 1.28. The number of aliphatic hydroxyl groups is 1. The van der Waals surface area contributed by atoms with Gasteiger partial charge in [-0.1, -0.05) is 6.92 Å². The molecule has 35 heavy (non-hydrogen) atoms. The Labute approximate surface area is 210 Å². The van der Waals surface area contributed by atoms with E-state index in [1.54, 1.807) is 11.8 Å². The number of aliphatic hydroxyl groups excluding tert-OH is 1. The summed E-state index contributed by atoms with van der Waals surface area (Å²) in [6.07, 6.45) is 5.60. The number of carbonyl (C=O) groups excluding carboxylic acids is 2. The average Bonchev–Trinajstić information content (AvgIpc) is 3.36. The van der Waals surface area contributed by atoms with Crippen LogP contribution in [0.5, 0.6) is 0 Å². The molecule has 9 nitrogen and oxygen atoms in total. The fraction of sp³-hybridized carbons (Fsp3) is 0.600. The zero-order valence-electron chi connectivity index (χ0n) is 20.7. The van der Waals surface area contributed by atoms with Gasteiger partial charge in [0.1, 0.15) is 12.7 Å². The largest absolute Gasteiger partial charge is 0.477 e. The van der Waals surface area contributed by atoms with Crippen LogP contribution in [0.15, 0.2) is 35.1 Å². The Kier molecular flexibility index (Phi) is 7.54. The number of likely N-dealkylation sites (N-methyl/N-ethyl adjacent to an activating group) is 1. The van der Waals surface area contributed by atoms with Gasteiger partial charge in [0.25, 0.3) is 0 Å². The van der Waals surface area contributed by atoms with Crippen LogP contribution >= 0.6 is 11.8 Å². The van der Waals surface area contributed by atoms with Crippen LogP contribution in [0.2, 0.25) is 0 Å². The number of rotatable bonds is 9. The first-order valence-corrected chi connectivity index (χ1v) is 13.1. The fourth-order valence-electron chi connectivity index (χ4n) is 5.43. The van der Waals surface area contributed by atoms with E-state index in [0.717, 1.165) is 12.8 Å². The van der Waals surface area contributed by atoms with Gasteiger partial charge in [0, 0.05) is 48.3 Å². The molecule has 1 aromatic heterocycles. The Morgan fingerprint density at radius 2 is 2.03 bits per heavy atom. The van der Waals surface area contributed by atoms with E-state index in [4.69, 9.17) is 0 Å². The maximum absolute atomic E-state index is 13.0. The van der Waals surface area contributed by atoms with Crippen molar-refractivity contribution >= 4 is 29.5 Å². The molecule has 3 N–H and O–H groups in total. The number of aromatic nitrogens is 1. The number of aryl methyl sites for hydroxylation is 2. The van der Waals surface area contributed by atoms with Gasteiger partial charge in [0.15, 0.2) is 12.4 Å². The maximum atomic E-state index is 13.0. The predicted octanol–water partition coefficient (Wildman–Crippen LogP) is 0.520. The molecule has 10 heteroatoms. The van der Waals surface area contributed by atoms with E-state index in [-0.39, 0.29) is 40.8 Å². The van der Waals surface area contributed by atoms with Crippen molar-refractivity contribution in [3.8, 4) is 0 Å². The normalized spacial score (nSPS) is 28.7. The average molecular weight is 504 g/mol.